The number of likely N-dealkylation sites (tertiary alicyclic amines) is 1. The molecule has 0 atom stereocenters. The van der Waals surface area contributed by atoms with Crippen LogP contribution in [0.25, 0.3) is 0 Å². The molecule has 6 nitrogen and oxygen atoms in total. The Morgan fingerprint density at radius 3 is 2.36 bits per heavy atom. The van der Waals surface area contributed by atoms with E-state index in [2.05, 4.69) is 4.90 Å². The second-order valence-electron chi connectivity index (χ2n) is 6.78. The van der Waals surface area contributed by atoms with Gasteiger partial charge in [0, 0.05) is 51.4 Å². The third-order valence-electron chi connectivity index (χ3n) is 5.06. The summed E-state index contributed by atoms with van der Waals surface area (Å²) < 4.78 is 25.4. The monoisotopic (exact) mass is 365 g/mol. The van der Waals surface area contributed by atoms with Gasteiger partial charge in [-0.2, -0.15) is 4.31 Å². The molecule has 1 aromatic carbocycles. The number of rotatable bonds is 5. The molecule has 2 aliphatic heterocycles. The van der Waals surface area contributed by atoms with Crippen LogP contribution >= 0.6 is 0 Å². The molecule has 0 aromatic heterocycles. The molecule has 0 N–H and O–H groups in total. The Morgan fingerprint density at radius 1 is 1.04 bits per heavy atom. The Morgan fingerprint density at radius 2 is 1.72 bits per heavy atom. The molecule has 0 saturated carbocycles. The van der Waals surface area contributed by atoms with E-state index in [1.165, 1.54) is 0 Å². The quantitative estimate of drug-likeness (QED) is 0.791. The number of nitrogens with zero attached hydrogens (tertiary/aromatic N) is 3. The second-order valence-corrected chi connectivity index (χ2v) is 9.03. The van der Waals surface area contributed by atoms with Crippen molar-refractivity contribution >= 4 is 15.9 Å². The maximum absolute atomic E-state index is 12.5. The van der Waals surface area contributed by atoms with Gasteiger partial charge in [0.1, 0.15) is 0 Å². The highest BCUT2D eigenvalue weighted by Gasteiger charge is 2.25. The summed E-state index contributed by atoms with van der Waals surface area (Å²) in [5.74, 6) is 0.284. The van der Waals surface area contributed by atoms with E-state index in [0.29, 0.717) is 13.1 Å². The van der Waals surface area contributed by atoms with E-state index in [4.69, 9.17) is 0 Å². The Labute approximate surface area is 150 Å². The number of sulfonamides is 1. The van der Waals surface area contributed by atoms with Crippen LogP contribution in [0.5, 0.6) is 0 Å². The fourth-order valence-corrected chi connectivity index (χ4v) is 4.60. The minimum Gasteiger partial charge on any atom is -0.339 e. The maximum Gasteiger partial charge on any atom is 0.253 e. The van der Waals surface area contributed by atoms with Crippen LogP contribution in [0.4, 0.5) is 0 Å². The van der Waals surface area contributed by atoms with Gasteiger partial charge < -0.3 is 4.90 Å². The molecule has 0 aliphatic carbocycles. The smallest absolute Gasteiger partial charge is 0.253 e. The first-order chi connectivity index (χ1) is 12.0. The lowest BCUT2D eigenvalue weighted by molar-refractivity contribution is 0.0792. The van der Waals surface area contributed by atoms with Crippen molar-refractivity contribution in [3.8, 4) is 0 Å². The van der Waals surface area contributed by atoms with Gasteiger partial charge in [-0.1, -0.05) is 12.1 Å². The molecule has 7 heteroatoms. The molecule has 0 unspecified atom stereocenters. The predicted octanol–water partition coefficient (Wildman–Crippen LogP) is 1.39. The largest absolute Gasteiger partial charge is 0.339 e. The van der Waals surface area contributed by atoms with Gasteiger partial charge in [0.2, 0.25) is 10.0 Å². The summed E-state index contributed by atoms with van der Waals surface area (Å²) in [6, 6.07) is 7.85. The van der Waals surface area contributed by atoms with Crippen molar-refractivity contribution in [2.45, 2.75) is 26.3 Å². The van der Waals surface area contributed by atoms with Crippen molar-refractivity contribution in [1.29, 1.82) is 0 Å². The maximum atomic E-state index is 12.5. The number of hydrogen-bond donors (Lipinski definition) is 0. The fourth-order valence-electron chi connectivity index (χ4n) is 3.51. The van der Waals surface area contributed by atoms with Crippen molar-refractivity contribution in [1.82, 2.24) is 14.1 Å². The first-order valence-corrected chi connectivity index (χ1v) is 10.7. The lowest BCUT2D eigenvalue weighted by Crippen LogP contribution is -2.48. The molecular formula is C18H27N3O3S. The zero-order valence-electron chi connectivity index (χ0n) is 14.9. The van der Waals surface area contributed by atoms with Crippen LogP contribution < -0.4 is 0 Å². The third-order valence-corrected chi connectivity index (χ3v) is 6.94. The number of carbonyl (C=O) groups excluding carboxylic acids is 1. The molecule has 0 radical (unpaired) electrons. The van der Waals surface area contributed by atoms with E-state index in [9.17, 15) is 13.2 Å². The lowest BCUT2D eigenvalue weighted by Gasteiger charge is -2.33. The van der Waals surface area contributed by atoms with Gasteiger partial charge in [-0.05, 0) is 37.5 Å². The molecule has 2 heterocycles. The predicted molar refractivity (Wildman–Crippen MR) is 97.9 cm³/mol. The van der Waals surface area contributed by atoms with Crippen molar-refractivity contribution in [3.63, 3.8) is 0 Å². The summed E-state index contributed by atoms with van der Waals surface area (Å²) in [5.41, 5.74) is 1.86. The first kappa shape index (κ1) is 18.4. The summed E-state index contributed by atoms with van der Waals surface area (Å²) >= 11 is 0. The van der Waals surface area contributed by atoms with Crippen molar-refractivity contribution in [3.05, 3.63) is 35.4 Å². The highest BCUT2D eigenvalue weighted by molar-refractivity contribution is 7.89. The van der Waals surface area contributed by atoms with Crippen LogP contribution in [0.2, 0.25) is 0 Å². The van der Waals surface area contributed by atoms with Crippen LogP contribution in [-0.2, 0) is 16.6 Å². The van der Waals surface area contributed by atoms with E-state index in [-0.39, 0.29) is 11.7 Å². The summed E-state index contributed by atoms with van der Waals surface area (Å²) in [6.45, 7) is 6.69. The highest BCUT2D eigenvalue weighted by atomic mass is 32.2. The average Bonchev–Trinajstić information content (AvgIpc) is 3.16. The van der Waals surface area contributed by atoms with E-state index in [1.807, 2.05) is 29.2 Å². The van der Waals surface area contributed by atoms with Crippen LogP contribution in [-0.4, -0.2) is 73.5 Å². The van der Waals surface area contributed by atoms with E-state index in [1.54, 1.807) is 11.2 Å². The highest BCUT2D eigenvalue weighted by Crippen LogP contribution is 2.16. The van der Waals surface area contributed by atoms with Crippen LogP contribution in [0, 0.1) is 0 Å². The molecule has 138 valence electrons. The van der Waals surface area contributed by atoms with Gasteiger partial charge in [-0.25, -0.2) is 8.42 Å². The number of piperazine rings is 1. The summed E-state index contributed by atoms with van der Waals surface area (Å²) in [4.78, 5) is 16.7. The Balaban J connectivity index is 1.59. The number of amides is 1. The molecule has 0 spiro atoms. The van der Waals surface area contributed by atoms with Crippen LogP contribution in [0.1, 0.15) is 35.7 Å². The van der Waals surface area contributed by atoms with Gasteiger partial charge in [0.05, 0.1) is 5.75 Å². The molecule has 25 heavy (non-hydrogen) atoms. The number of hydrogen-bond acceptors (Lipinski definition) is 4. The standard InChI is InChI=1S/C18H27N3O3S/c1-2-25(23,24)21-12-10-19(11-13-21)15-16-6-5-7-17(14-16)18(22)20-8-3-4-9-20/h5-7,14H,2-4,8-13,15H2,1H3. The van der Waals surface area contributed by atoms with Crippen LogP contribution in [0.15, 0.2) is 24.3 Å². The van der Waals surface area contributed by atoms with Crippen molar-refractivity contribution < 1.29 is 13.2 Å². The Bertz CT molecular complexity index is 706. The molecule has 2 aliphatic rings. The minimum absolute atomic E-state index is 0.123. The minimum atomic E-state index is -3.09. The summed E-state index contributed by atoms with van der Waals surface area (Å²) in [6.07, 6.45) is 2.19. The van der Waals surface area contributed by atoms with Gasteiger partial charge in [0.25, 0.3) is 5.91 Å². The Hall–Kier alpha value is -1.44. The Kier molecular flexibility index (Phi) is 5.76. The van der Waals surface area contributed by atoms with E-state index >= 15 is 0 Å². The van der Waals surface area contributed by atoms with Gasteiger partial charge in [0.15, 0.2) is 0 Å². The number of benzene rings is 1. The van der Waals surface area contributed by atoms with Crippen molar-refractivity contribution in [2.24, 2.45) is 0 Å². The fraction of sp³-hybridized carbons (Fsp3) is 0.611. The van der Waals surface area contributed by atoms with Gasteiger partial charge in [-0.3, -0.25) is 9.69 Å². The van der Waals surface area contributed by atoms with E-state index in [0.717, 1.165) is 56.7 Å². The molecule has 2 fully saturated rings. The van der Waals surface area contributed by atoms with Crippen LogP contribution in [0.3, 0.4) is 0 Å². The first-order valence-electron chi connectivity index (χ1n) is 9.08. The van der Waals surface area contributed by atoms with Gasteiger partial charge in [-0.15, -0.1) is 0 Å². The topological polar surface area (TPSA) is 60.9 Å². The zero-order chi connectivity index (χ0) is 17.9. The molecule has 2 saturated heterocycles. The normalized spacial score (nSPS) is 20.1. The summed E-state index contributed by atoms with van der Waals surface area (Å²) in [7, 11) is -3.09. The lowest BCUT2D eigenvalue weighted by atomic mass is 10.1. The van der Waals surface area contributed by atoms with Crippen molar-refractivity contribution in [2.75, 3.05) is 45.0 Å². The molecule has 3 rings (SSSR count). The third kappa shape index (κ3) is 4.40. The average molecular weight is 365 g/mol. The van der Waals surface area contributed by atoms with E-state index < -0.39 is 10.0 Å². The SMILES string of the molecule is CCS(=O)(=O)N1CCN(Cc2cccc(C(=O)N3CCCC3)c2)CC1. The zero-order valence-corrected chi connectivity index (χ0v) is 15.7. The molecule has 1 amide bonds. The molecule has 1 aromatic rings. The number of carbonyl (C=O) groups is 1. The summed E-state index contributed by atoms with van der Waals surface area (Å²) in [5, 5.41) is 0. The van der Waals surface area contributed by atoms with Gasteiger partial charge >= 0.3 is 0 Å². The molecular weight excluding hydrogens is 338 g/mol. The second kappa shape index (κ2) is 7.85. The molecule has 0 bridgehead atoms.